The van der Waals surface area contributed by atoms with Crippen molar-refractivity contribution < 1.29 is 0 Å². The highest BCUT2D eigenvalue weighted by molar-refractivity contribution is 7.57. The maximum absolute atomic E-state index is 4.17. The monoisotopic (exact) mass is 230 g/mol. The second-order valence-corrected chi connectivity index (χ2v) is 6.79. The van der Waals surface area contributed by atoms with Crippen LogP contribution in [-0.2, 0) is 0 Å². The minimum Gasteiger partial charge on any atom is -0.303 e. The summed E-state index contributed by atoms with van der Waals surface area (Å²) in [6.07, 6.45) is 3.92. The van der Waals surface area contributed by atoms with Crippen LogP contribution in [0, 0.1) is 0 Å². The van der Waals surface area contributed by atoms with E-state index >= 15 is 0 Å². The van der Waals surface area contributed by atoms with Gasteiger partial charge in [0.05, 0.1) is 8.22 Å². The van der Waals surface area contributed by atoms with Gasteiger partial charge in [0.1, 0.15) is 0 Å². The molecule has 0 aromatic rings. The summed E-state index contributed by atoms with van der Waals surface area (Å²) in [5.74, 6) is 0. The average molecular weight is 230 g/mol. The van der Waals surface area contributed by atoms with Crippen LogP contribution < -0.4 is 0 Å². The summed E-state index contributed by atoms with van der Waals surface area (Å²) in [5, 5.41) is 7.30. The van der Waals surface area contributed by atoms with Gasteiger partial charge in [-0.05, 0) is 46.5 Å². The molecule has 0 aliphatic rings. The summed E-state index contributed by atoms with van der Waals surface area (Å²) in [6.45, 7) is 2.15. The van der Waals surface area contributed by atoms with Gasteiger partial charge in [-0.25, -0.2) is 0 Å². The minimum absolute atomic E-state index is 0.353. The molecule has 0 saturated carbocycles. The van der Waals surface area contributed by atoms with Gasteiger partial charge in [0, 0.05) is 20.3 Å². The van der Waals surface area contributed by atoms with E-state index in [2.05, 4.69) is 55.6 Å². The first-order chi connectivity index (χ1) is 6.86. The van der Waals surface area contributed by atoms with Gasteiger partial charge < -0.3 is 5.01 Å². The van der Waals surface area contributed by atoms with Crippen molar-refractivity contribution in [2.24, 2.45) is 5.10 Å². The zero-order valence-corrected chi connectivity index (χ0v) is 11.8. The van der Waals surface area contributed by atoms with E-state index in [9.17, 15) is 0 Å². The minimum atomic E-state index is -0.353. The van der Waals surface area contributed by atoms with Crippen molar-refractivity contribution >= 4 is 14.4 Å². The SMILES string of the molecule is C/C(=C/C=N/N(C)C)P(N(C)C)N(C)C. The van der Waals surface area contributed by atoms with Crippen LogP contribution in [-0.4, -0.2) is 62.9 Å². The van der Waals surface area contributed by atoms with Gasteiger partial charge in [0.2, 0.25) is 0 Å². The first kappa shape index (κ1) is 14.6. The van der Waals surface area contributed by atoms with Crippen LogP contribution in [0.3, 0.4) is 0 Å². The van der Waals surface area contributed by atoms with Gasteiger partial charge in [-0.2, -0.15) is 5.10 Å². The second kappa shape index (κ2) is 6.94. The van der Waals surface area contributed by atoms with E-state index in [1.807, 2.05) is 20.3 Å². The lowest BCUT2D eigenvalue weighted by Gasteiger charge is -2.30. The van der Waals surface area contributed by atoms with Gasteiger partial charge in [0.15, 0.2) is 0 Å². The number of nitrogens with zero attached hydrogens (tertiary/aromatic N) is 4. The van der Waals surface area contributed by atoms with Crippen molar-refractivity contribution in [1.82, 2.24) is 14.3 Å². The molecule has 15 heavy (non-hydrogen) atoms. The van der Waals surface area contributed by atoms with E-state index in [1.54, 1.807) is 5.01 Å². The van der Waals surface area contributed by atoms with Crippen LogP contribution >= 0.6 is 8.22 Å². The molecular weight excluding hydrogens is 207 g/mol. The smallest absolute Gasteiger partial charge is 0.0669 e. The molecule has 0 saturated heterocycles. The fraction of sp³-hybridized carbons (Fsp3) is 0.700. The molecule has 0 unspecified atom stereocenters. The molecule has 0 aromatic heterocycles. The van der Waals surface area contributed by atoms with Crippen molar-refractivity contribution in [3.8, 4) is 0 Å². The first-order valence-electron chi connectivity index (χ1n) is 4.89. The largest absolute Gasteiger partial charge is 0.303 e. The van der Waals surface area contributed by atoms with E-state index in [0.29, 0.717) is 0 Å². The van der Waals surface area contributed by atoms with E-state index in [4.69, 9.17) is 0 Å². The van der Waals surface area contributed by atoms with E-state index in [0.717, 1.165) is 0 Å². The topological polar surface area (TPSA) is 22.1 Å². The predicted octanol–water partition coefficient (Wildman–Crippen LogP) is 1.87. The lowest BCUT2D eigenvalue weighted by Crippen LogP contribution is -2.17. The van der Waals surface area contributed by atoms with Gasteiger partial charge in [-0.15, -0.1) is 0 Å². The third-order valence-corrected chi connectivity index (χ3v) is 3.98. The molecule has 0 bridgehead atoms. The summed E-state index contributed by atoms with van der Waals surface area (Å²) in [4.78, 5) is 0. The third-order valence-electron chi connectivity index (χ3n) is 1.69. The first-order valence-corrected chi connectivity index (χ1v) is 6.13. The highest BCUT2D eigenvalue weighted by atomic mass is 31.1. The molecule has 4 nitrogen and oxygen atoms in total. The lowest BCUT2D eigenvalue weighted by atomic mass is 10.6. The fourth-order valence-corrected chi connectivity index (χ4v) is 3.51. The van der Waals surface area contributed by atoms with Crippen molar-refractivity contribution in [3.05, 3.63) is 11.4 Å². The van der Waals surface area contributed by atoms with Crippen molar-refractivity contribution in [2.45, 2.75) is 6.92 Å². The van der Waals surface area contributed by atoms with Crippen LogP contribution in [0.1, 0.15) is 6.92 Å². The third kappa shape index (κ3) is 5.88. The molecule has 88 valence electrons. The maximum Gasteiger partial charge on any atom is 0.0669 e. The summed E-state index contributed by atoms with van der Waals surface area (Å²) in [5.41, 5.74) is 0. The van der Waals surface area contributed by atoms with Crippen LogP contribution in [0.25, 0.3) is 0 Å². The number of rotatable bonds is 5. The molecule has 0 fully saturated rings. The van der Waals surface area contributed by atoms with Crippen LogP contribution in [0.4, 0.5) is 0 Å². The molecule has 0 aliphatic carbocycles. The molecular formula is C10H23N4P. The lowest BCUT2D eigenvalue weighted by molar-refractivity contribution is 0.440. The molecule has 0 rings (SSSR count). The van der Waals surface area contributed by atoms with Gasteiger partial charge in [-0.1, -0.05) is 0 Å². The standard InChI is InChI=1S/C10H23N4P/c1-10(8-9-11-12(2)3)15(13(4)5)14(6)7/h8-9H,1-7H3/b10-8-,11-9+. The number of hydrazone groups is 1. The molecule has 0 amide bonds. The highest BCUT2D eigenvalue weighted by Crippen LogP contribution is 2.47. The van der Waals surface area contributed by atoms with Gasteiger partial charge >= 0.3 is 0 Å². The Morgan fingerprint density at radius 3 is 1.80 bits per heavy atom. The van der Waals surface area contributed by atoms with Crippen LogP contribution in [0.15, 0.2) is 16.5 Å². The Bertz CT molecular complexity index is 226. The Labute approximate surface area is 95.1 Å². The predicted molar refractivity (Wildman–Crippen MR) is 70.2 cm³/mol. The van der Waals surface area contributed by atoms with Crippen LogP contribution in [0.5, 0.6) is 0 Å². The van der Waals surface area contributed by atoms with Crippen molar-refractivity contribution in [1.29, 1.82) is 0 Å². The molecule has 0 radical (unpaired) electrons. The normalized spacial score (nSPS) is 13.6. The second-order valence-electron chi connectivity index (χ2n) is 3.90. The van der Waals surface area contributed by atoms with E-state index in [-0.39, 0.29) is 8.22 Å². The summed E-state index contributed by atoms with van der Waals surface area (Å²) >= 11 is 0. The summed E-state index contributed by atoms with van der Waals surface area (Å²) in [7, 11) is 11.9. The number of hydrogen-bond acceptors (Lipinski definition) is 4. The van der Waals surface area contributed by atoms with Crippen molar-refractivity contribution in [2.75, 3.05) is 42.3 Å². The Balaban J connectivity index is 4.56. The summed E-state index contributed by atoms with van der Waals surface area (Å²) in [6, 6.07) is 0. The number of hydrogen-bond donors (Lipinski definition) is 0. The molecule has 5 heteroatoms. The zero-order valence-electron chi connectivity index (χ0n) is 10.9. The highest BCUT2D eigenvalue weighted by Gasteiger charge is 2.14. The quantitative estimate of drug-likeness (QED) is 0.409. The maximum atomic E-state index is 4.17. The molecule has 0 N–H and O–H groups in total. The molecule has 0 heterocycles. The number of allylic oxidation sites excluding steroid dienone is 2. The van der Waals surface area contributed by atoms with Gasteiger partial charge in [0.25, 0.3) is 0 Å². The Hall–Kier alpha value is -0.440. The Morgan fingerprint density at radius 1 is 1.00 bits per heavy atom. The Kier molecular flexibility index (Phi) is 6.73. The molecule has 0 aromatic carbocycles. The molecule has 0 atom stereocenters. The van der Waals surface area contributed by atoms with Crippen LogP contribution in [0.2, 0.25) is 0 Å². The van der Waals surface area contributed by atoms with E-state index < -0.39 is 0 Å². The molecule has 0 aliphatic heterocycles. The average Bonchev–Trinajstić information content (AvgIpc) is 2.01. The van der Waals surface area contributed by atoms with Gasteiger partial charge in [-0.3, -0.25) is 9.34 Å². The Morgan fingerprint density at radius 2 is 1.47 bits per heavy atom. The fourth-order valence-electron chi connectivity index (χ4n) is 1.33. The zero-order chi connectivity index (χ0) is 12.0. The summed E-state index contributed by atoms with van der Waals surface area (Å²) < 4.78 is 4.48. The molecule has 0 spiro atoms. The van der Waals surface area contributed by atoms with Crippen molar-refractivity contribution in [3.63, 3.8) is 0 Å². The van der Waals surface area contributed by atoms with E-state index in [1.165, 1.54) is 5.31 Å².